The maximum atomic E-state index is 6.01. The van der Waals surface area contributed by atoms with E-state index in [1.54, 1.807) is 7.11 Å². The molecule has 2 N–H and O–H groups in total. The smallest absolute Gasteiger partial charge is 0.118 e. The number of hydrogen-bond donors (Lipinski definition) is 1. The van der Waals surface area contributed by atoms with Gasteiger partial charge in [-0.3, -0.25) is 0 Å². The maximum Gasteiger partial charge on any atom is 0.118 e. The predicted octanol–water partition coefficient (Wildman–Crippen LogP) is 3.10. The lowest BCUT2D eigenvalue weighted by molar-refractivity contribution is 0.298. The number of ether oxygens (including phenoxy) is 1. The van der Waals surface area contributed by atoms with Crippen LogP contribution < -0.4 is 10.5 Å². The summed E-state index contributed by atoms with van der Waals surface area (Å²) in [5.41, 5.74) is 10.2. The zero-order valence-corrected chi connectivity index (χ0v) is 13.7. The molecule has 0 aliphatic carbocycles. The number of nitrogens with two attached hydrogens (primary N) is 1. The Balaban J connectivity index is 2.06. The Morgan fingerprint density at radius 2 is 2.05 bits per heavy atom. The Kier molecular flexibility index (Phi) is 4.02. The summed E-state index contributed by atoms with van der Waals surface area (Å²) in [5, 5.41) is 0. The normalized spacial score (nSPS) is 18.6. The van der Waals surface area contributed by atoms with E-state index in [1.807, 2.05) is 23.5 Å². The molecule has 0 radical (unpaired) electrons. The molecular weight excluding hydrogens is 280 g/mol. The highest BCUT2D eigenvalue weighted by Crippen LogP contribution is 2.41. The van der Waals surface area contributed by atoms with E-state index in [9.17, 15) is 0 Å². The van der Waals surface area contributed by atoms with Gasteiger partial charge in [0.25, 0.3) is 0 Å². The van der Waals surface area contributed by atoms with Crippen LogP contribution in [-0.4, -0.2) is 25.6 Å². The van der Waals surface area contributed by atoms with Gasteiger partial charge in [0.1, 0.15) is 5.75 Å². The van der Waals surface area contributed by atoms with Gasteiger partial charge < -0.3 is 15.4 Å². The van der Waals surface area contributed by atoms with Crippen LogP contribution >= 0.6 is 11.3 Å². The molecule has 3 nitrogen and oxygen atoms in total. The first-order chi connectivity index (χ1) is 10.1. The fraction of sp³-hybridized carbons (Fsp3) is 0.412. The lowest BCUT2D eigenvalue weighted by Gasteiger charge is -2.31. The van der Waals surface area contributed by atoms with Crippen LogP contribution in [0.1, 0.15) is 32.4 Å². The van der Waals surface area contributed by atoms with Gasteiger partial charge in [0.15, 0.2) is 0 Å². The summed E-state index contributed by atoms with van der Waals surface area (Å²) in [7, 11) is 3.90. The molecule has 2 aromatic rings. The van der Waals surface area contributed by atoms with Gasteiger partial charge in [0, 0.05) is 35.3 Å². The third kappa shape index (κ3) is 2.59. The van der Waals surface area contributed by atoms with Crippen LogP contribution in [0.15, 0.2) is 24.3 Å². The molecule has 1 aromatic heterocycles. The van der Waals surface area contributed by atoms with Crippen molar-refractivity contribution >= 4 is 11.3 Å². The molecule has 0 saturated carbocycles. The van der Waals surface area contributed by atoms with Crippen molar-refractivity contribution < 1.29 is 4.74 Å². The minimum Gasteiger partial charge on any atom is -0.497 e. The third-order valence-electron chi connectivity index (χ3n) is 4.31. The van der Waals surface area contributed by atoms with Crippen LogP contribution in [0.5, 0.6) is 5.75 Å². The Morgan fingerprint density at radius 1 is 1.33 bits per heavy atom. The summed E-state index contributed by atoms with van der Waals surface area (Å²) < 4.78 is 5.27. The second-order valence-electron chi connectivity index (χ2n) is 5.70. The standard InChI is InChI=1S/C17H22N2OS/c1-11-14(8-18)17-15(9-19(2)10-16(17)21-11)12-4-6-13(20-3)7-5-12/h4-7,15H,8-10,18H2,1-3H3. The largest absolute Gasteiger partial charge is 0.497 e. The van der Waals surface area contributed by atoms with Crippen molar-refractivity contribution in [1.82, 2.24) is 4.90 Å². The van der Waals surface area contributed by atoms with Gasteiger partial charge in [-0.1, -0.05) is 12.1 Å². The Bertz CT molecular complexity index is 633. The lowest BCUT2D eigenvalue weighted by atomic mass is 9.85. The minimum atomic E-state index is 0.410. The number of rotatable bonds is 3. The molecule has 21 heavy (non-hydrogen) atoms. The zero-order chi connectivity index (χ0) is 15.0. The topological polar surface area (TPSA) is 38.5 Å². The molecule has 0 amide bonds. The molecule has 3 rings (SSSR count). The van der Waals surface area contributed by atoms with Crippen molar-refractivity contribution in [2.45, 2.75) is 25.9 Å². The van der Waals surface area contributed by atoms with E-state index >= 15 is 0 Å². The van der Waals surface area contributed by atoms with Crippen molar-refractivity contribution in [1.29, 1.82) is 0 Å². The molecule has 1 aromatic carbocycles. The minimum absolute atomic E-state index is 0.410. The number of likely N-dealkylation sites (N-methyl/N-ethyl adjacent to an activating group) is 1. The van der Waals surface area contributed by atoms with Crippen molar-refractivity contribution in [2.75, 3.05) is 20.7 Å². The van der Waals surface area contributed by atoms with E-state index in [0.29, 0.717) is 12.5 Å². The molecule has 0 bridgehead atoms. The summed E-state index contributed by atoms with van der Waals surface area (Å²) >= 11 is 1.90. The molecule has 0 spiro atoms. The van der Waals surface area contributed by atoms with Gasteiger partial charge in [-0.05, 0) is 42.8 Å². The van der Waals surface area contributed by atoms with Crippen LogP contribution in [0.3, 0.4) is 0 Å². The summed E-state index contributed by atoms with van der Waals surface area (Å²) in [6, 6.07) is 8.45. The van der Waals surface area contributed by atoms with E-state index in [0.717, 1.165) is 18.8 Å². The highest BCUT2D eigenvalue weighted by atomic mass is 32.1. The first-order valence-corrected chi connectivity index (χ1v) is 8.09. The number of fused-ring (bicyclic) bond motifs is 1. The first kappa shape index (κ1) is 14.6. The molecule has 4 heteroatoms. The van der Waals surface area contributed by atoms with Crippen molar-refractivity contribution in [3.8, 4) is 5.75 Å². The van der Waals surface area contributed by atoms with Crippen LogP contribution in [0.25, 0.3) is 0 Å². The molecule has 2 heterocycles. The van der Waals surface area contributed by atoms with Crippen molar-refractivity contribution in [2.24, 2.45) is 5.73 Å². The molecule has 1 atom stereocenters. The zero-order valence-electron chi connectivity index (χ0n) is 12.8. The fourth-order valence-electron chi connectivity index (χ4n) is 3.26. The van der Waals surface area contributed by atoms with Gasteiger partial charge in [-0.2, -0.15) is 0 Å². The Hall–Kier alpha value is -1.36. The van der Waals surface area contributed by atoms with Gasteiger partial charge in [-0.15, -0.1) is 11.3 Å². The van der Waals surface area contributed by atoms with Crippen LogP contribution in [0.2, 0.25) is 0 Å². The highest BCUT2D eigenvalue weighted by molar-refractivity contribution is 7.12. The van der Waals surface area contributed by atoms with Gasteiger partial charge >= 0.3 is 0 Å². The molecule has 112 valence electrons. The summed E-state index contributed by atoms with van der Waals surface area (Å²) in [4.78, 5) is 5.24. The molecule has 0 fully saturated rings. The maximum absolute atomic E-state index is 6.01. The van der Waals surface area contributed by atoms with Crippen LogP contribution in [0.4, 0.5) is 0 Å². The van der Waals surface area contributed by atoms with Crippen molar-refractivity contribution in [3.63, 3.8) is 0 Å². The molecular formula is C17H22N2OS. The number of thiophene rings is 1. The van der Waals surface area contributed by atoms with Gasteiger partial charge in [0.2, 0.25) is 0 Å². The van der Waals surface area contributed by atoms with E-state index in [2.05, 4.69) is 31.0 Å². The van der Waals surface area contributed by atoms with Crippen LogP contribution in [-0.2, 0) is 13.1 Å². The quantitative estimate of drug-likeness (QED) is 0.947. The highest BCUT2D eigenvalue weighted by Gasteiger charge is 2.29. The van der Waals surface area contributed by atoms with Crippen molar-refractivity contribution in [3.05, 3.63) is 50.7 Å². The molecule has 1 aliphatic heterocycles. The number of benzene rings is 1. The van der Waals surface area contributed by atoms with E-state index < -0.39 is 0 Å². The number of nitrogens with zero attached hydrogens (tertiary/aromatic N) is 1. The Morgan fingerprint density at radius 3 is 2.67 bits per heavy atom. The Labute approximate surface area is 130 Å². The molecule has 1 aliphatic rings. The fourth-order valence-corrected chi connectivity index (χ4v) is 4.60. The van der Waals surface area contributed by atoms with Crippen LogP contribution in [0, 0.1) is 6.92 Å². The average molecular weight is 302 g/mol. The number of methoxy groups -OCH3 is 1. The second kappa shape index (κ2) is 5.79. The summed E-state index contributed by atoms with van der Waals surface area (Å²) in [6.07, 6.45) is 0. The second-order valence-corrected chi connectivity index (χ2v) is 7.01. The summed E-state index contributed by atoms with van der Waals surface area (Å²) in [5.74, 6) is 1.32. The summed E-state index contributed by atoms with van der Waals surface area (Å²) in [6.45, 7) is 4.90. The van der Waals surface area contributed by atoms with E-state index in [-0.39, 0.29) is 0 Å². The molecule has 0 saturated heterocycles. The van der Waals surface area contributed by atoms with E-state index in [4.69, 9.17) is 10.5 Å². The van der Waals surface area contributed by atoms with E-state index in [1.165, 1.54) is 26.4 Å². The number of aryl methyl sites for hydroxylation is 1. The SMILES string of the molecule is COc1ccc(C2CN(C)Cc3sc(C)c(CN)c32)cc1. The monoisotopic (exact) mass is 302 g/mol. The van der Waals surface area contributed by atoms with Gasteiger partial charge in [0.05, 0.1) is 7.11 Å². The molecule has 1 unspecified atom stereocenters. The predicted molar refractivity (Wildman–Crippen MR) is 88.1 cm³/mol. The van der Waals surface area contributed by atoms with Gasteiger partial charge in [-0.25, -0.2) is 0 Å². The first-order valence-electron chi connectivity index (χ1n) is 7.27. The average Bonchev–Trinajstić information content (AvgIpc) is 2.81. The number of hydrogen-bond acceptors (Lipinski definition) is 4. The lowest BCUT2D eigenvalue weighted by Crippen LogP contribution is -2.30. The third-order valence-corrected chi connectivity index (χ3v) is 5.45.